The van der Waals surface area contributed by atoms with Crippen molar-refractivity contribution in [1.82, 2.24) is 14.9 Å². The lowest BCUT2D eigenvalue weighted by molar-refractivity contribution is -0.144. The highest BCUT2D eigenvalue weighted by atomic mass is 32.1. The Bertz CT molecular complexity index is 1270. The van der Waals surface area contributed by atoms with E-state index in [1.54, 1.807) is 24.0 Å². The molecule has 0 aliphatic carbocycles. The number of nitrogens with zero attached hydrogens (tertiary/aromatic N) is 2. The van der Waals surface area contributed by atoms with Gasteiger partial charge in [-0.15, -0.1) is 11.3 Å². The molecule has 2 aromatic heterocycles. The molecule has 4 rings (SSSR count). The van der Waals surface area contributed by atoms with Gasteiger partial charge in [0.05, 0.1) is 25.1 Å². The SMILES string of the molecule is CCOC(=O)CN(Cc1ccc(F)cc1)Cc1nc2sc(-c3ccccc3)cc2c(=O)[nH]1. The van der Waals surface area contributed by atoms with Crippen LogP contribution in [0.1, 0.15) is 18.3 Å². The van der Waals surface area contributed by atoms with Crippen LogP contribution in [0.3, 0.4) is 0 Å². The van der Waals surface area contributed by atoms with Gasteiger partial charge in [0.15, 0.2) is 0 Å². The monoisotopic (exact) mass is 451 g/mol. The van der Waals surface area contributed by atoms with Gasteiger partial charge in [-0.05, 0) is 36.2 Å². The Balaban J connectivity index is 1.61. The molecule has 6 nitrogen and oxygen atoms in total. The van der Waals surface area contributed by atoms with E-state index < -0.39 is 0 Å². The maximum atomic E-state index is 13.3. The number of aromatic nitrogens is 2. The lowest BCUT2D eigenvalue weighted by Gasteiger charge is -2.20. The quantitative estimate of drug-likeness (QED) is 0.403. The molecule has 4 aromatic rings. The highest BCUT2D eigenvalue weighted by Gasteiger charge is 2.16. The van der Waals surface area contributed by atoms with Crippen molar-refractivity contribution >= 4 is 27.5 Å². The number of halogens is 1. The van der Waals surface area contributed by atoms with Crippen molar-refractivity contribution in [2.75, 3.05) is 13.2 Å². The molecular weight excluding hydrogens is 429 g/mol. The number of ether oxygens (including phenoxy) is 1. The molecule has 0 saturated carbocycles. The summed E-state index contributed by atoms with van der Waals surface area (Å²) in [5.41, 5.74) is 1.64. The fourth-order valence-electron chi connectivity index (χ4n) is 3.41. The molecule has 0 aliphatic rings. The number of thiophene rings is 1. The standard InChI is InChI=1S/C24H22FN3O3S/c1-2-31-22(29)15-28(13-16-8-10-18(25)11-9-16)14-21-26-23(30)19-12-20(32-24(19)27-21)17-6-4-3-5-7-17/h3-12H,2,13-15H2,1H3,(H,26,27,30). The molecule has 0 amide bonds. The highest BCUT2D eigenvalue weighted by molar-refractivity contribution is 7.21. The van der Waals surface area contributed by atoms with Gasteiger partial charge in [-0.3, -0.25) is 14.5 Å². The summed E-state index contributed by atoms with van der Waals surface area (Å²) in [6.45, 7) is 2.66. The number of hydrogen-bond acceptors (Lipinski definition) is 6. The third-order valence-corrected chi connectivity index (χ3v) is 5.94. The molecule has 1 N–H and O–H groups in total. The van der Waals surface area contributed by atoms with Crippen LogP contribution in [-0.2, 0) is 22.6 Å². The van der Waals surface area contributed by atoms with Gasteiger partial charge in [-0.1, -0.05) is 42.5 Å². The molecular formula is C24H22FN3O3S. The third-order valence-electron chi connectivity index (χ3n) is 4.86. The van der Waals surface area contributed by atoms with E-state index in [0.717, 1.165) is 16.0 Å². The number of rotatable bonds is 8. The smallest absolute Gasteiger partial charge is 0.320 e. The first kappa shape index (κ1) is 21.9. The van der Waals surface area contributed by atoms with Crippen LogP contribution in [0.5, 0.6) is 0 Å². The summed E-state index contributed by atoms with van der Waals surface area (Å²) >= 11 is 1.45. The van der Waals surface area contributed by atoms with Crippen molar-refractivity contribution in [2.24, 2.45) is 0 Å². The minimum atomic E-state index is -0.375. The Morgan fingerprint density at radius 3 is 2.59 bits per heavy atom. The Morgan fingerprint density at radius 1 is 1.12 bits per heavy atom. The van der Waals surface area contributed by atoms with Gasteiger partial charge in [-0.25, -0.2) is 9.37 Å². The number of benzene rings is 2. The van der Waals surface area contributed by atoms with E-state index in [2.05, 4.69) is 9.97 Å². The van der Waals surface area contributed by atoms with E-state index in [4.69, 9.17) is 4.74 Å². The molecule has 8 heteroatoms. The number of carbonyl (C=O) groups is 1. The second-order valence-corrected chi connectivity index (χ2v) is 8.32. The maximum Gasteiger partial charge on any atom is 0.320 e. The Morgan fingerprint density at radius 2 is 1.88 bits per heavy atom. The van der Waals surface area contributed by atoms with Crippen molar-refractivity contribution in [3.8, 4) is 10.4 Å². The van der Waals surface area contributed by atoms with Crippen LogP contribution in [0.4, 0.5) is 4.39 Å². The van der Waals surface area contributed by atoms with Crippen LogP contribution in [0.15, 0.2) is 65.5 Å². The lowest BCUT2D eigenvalue weighted by atomic mass is 10.2. The van der Waals surface area contributed by atoms with E-state index >= 15 is 0 Å². The number of carbonyl (C=O) groups excluding carboxylic acids is 1. The van der Waals surface area contributed by atoms with E-state index in [-0.39, 0.29) is 37.0 Å². The highest BCUT2D eigenvalue weighted by Crippen LogP contribution is 2.30. The fourth-order valence-corrected chi connectivity index (χ4v) is 4.47. The Hall–Kier alpha value is -3.36. The van der Waals surface area contributed by atoms with Crippen LogP contribution < -0.4 is 5.56 Å². The van der Waals surface area contributed by atoms with Crippen molar-refractivity contribution in [3.63, 3.8) is 0 Å². The topological polar surface area (TPSA) is 75.3 Å². The molecule has 0 aliphatic heterocycles. The summed E-state index contributed by atoms with van der Waals surface area (Å²) in [5, 5.41) is 0.535. The molecule has 2 aromatic carbocycles. The van der Waals surface area contributed by atoms with Crippen molar-refractivity contribution in [1.29, 1.82) is 0 Å². The van der Waals surface area contributed by atoms with Crippen molar-refractivity contribution < 1.29 is 13.9 Å². The molecule has 164 valence electrons. The maximum absolute atomic E-state index is 13.3. The Labute approximate surface area is 188 Å². The summed E-state index contributed by atoms with van der Waals surface area (Å²) in [6.07, 6.45) is 0. The Kier molecular flexibility index (Phi) is 6.72. The van der Waals surface area contributed by atoms with Crippen molar-refractivity contribution in [2.45, 2.75) is 20.0 Å². The van der Waals surface area contributed by atoms with Crippen LogP contribution in [-0.4, -0.2) is 34.0 Å². The molecule has 2 heterocycles. The number of nitrogens with one attached hydrogen (secondary N) is 1. The first-order chi connectivity index (χ1) is 15.5. The van der Waals surface area contributed by atoms with Crippen LogP contribution >= 0.6 is 11.3 Å². The normalized spacial score (nSPS) is 11.2. The molecule has 0 fully saturated rings. The molecule has 0 unspecified atom stereocenters. The van der Waals surface area contributed by atoms with E-state index in [9.17, 15) is 14.0 Å². The number of esters is 1. The predicted octanol–water partition coefficient (Wildman–Crippen LogP) is 4.36. The minimum absolute atomic E-state index is 0.0205. The van der Waals surface area contributed by atoms with Gasteiger partial charge in [-0.2, -0.15) is 0 Å². The van der Waals surface area contributed by atoms with Gasteiger partial charge in [0.1, 0.15) is 16.5 Å². The average molecular weight is 452 g/mol. The molecule has 0 atom stereocenters. The third kappa shape index (κ3) is 5.27. The van der Waals surface area contributed by atoms with E-state index in [0.29, 0.717) is 22.6 Å². The molecule has 0 bridgehead atoms. The van der Waals surface area contributed by atoms with Crippen LogP contribution in [0, 0.1) is 5.82 Å². The average Bonchev–Trinajstić information content (AvgIpc) is 3.21. The number of H-pyrrole nitrogens is 1. The fraction of sp³-hybridized carbons (Fsp3) is 0.208. The second kappa shape index (κ2) is 9.84. The number of aromatic amines is 1. The van der Waals surface area contributed by atoms with Gasteiger partial charge < -0.3 is 9.72 Å². The summed E-state index contributed by atoms with van der Waals surface area (Å²) in [6, 6.07) is 17.8. The zero-order chi connectivity index (χ0) is 22.5. The molecule has 0 radical (unpaired) electrons. The van der Waals surface area contributed by atoms with E-state index in [1.807, 2.05) is 36.4 Å². The molecule has 0 saturated heterocycles. The summed E-state index contributed by atoms with van der Waals surface area (Å²) < 4.78 is 18.3. The zero-order valence-corrected chi connectivity index (χ0v) is 18.3. The van der Waals surface area contributed by atoms with Gasteiger partial charge in [0.2, 0.25) is 0 Å². The van der Waals surface area contributed by atoms with Crippen LogP contribution in [0.25, 0.3) is 20.7 Å². The first-order valence-corrected chi connectivity index (χ1v) is 11.0. The first-order valence-electron chi connectivity index (χ1n) is 10.2. The molecule has 0 spiro atoms. The summed E-state index contributed by atoms with van der Waals surface area (Å²) in [7, 11) is 0. The summed E-state index contributed by atoms with van der Waals surface area (Å²) in [4.78, 5) is 35.7. The lowest BCUT2D eigenvalue weighted by Crippen LogP contribution is -2.31. The van der Waals surface area contributed by atoms with Gasteiger partial charge >= 0.3 is 5.97 Å². The second-order valence-electron chi connectivity index (χ2n) is 7.28. The van der Waals surface area contributed by atoms with Gasteiger partial charge in [0, 0.05) is 11.4 Å². The van der Waals surface area contributed by atoms with E-state index in [1.165, 1.54) is 23.5 Å². The largest absolute Gasteiger partial charge is 0.465 e. The predicted molar refractivity (Wildman–Crippen MR) is 123 cm³/mol. The number of fused-ring (bicyclic) bond motifs is 1. The minimum Gasteiger partial charge on any atom is -0.465 e. The van der Waals surface area contributed by atoms with Gasteiger partial charge in [0.25, 0.3) is 5.56 Å². The van der Waals surface area contributed by atoms with Crippen LogP contribution in [0.2, 0.25) is 0 Å². The summed E-state index contributed by atoms with van der Waals surface area (Å²) in [5.74, 6) is -0.245. The number of hydrogen-bond donors (Lipinski definition) is 1. The zero-order valence-electron chi connectivity index (χ0n) is 17.5. The molecule has 32 heavy (non-hydrogen) atoms. The van der Waals surface area contributed by atoms with Crippen molar-refractivity contribution in [3.05, 3.63) is 88.2 Å².